The first-order valence-corrected chi connectivity index (χ1v) is 5.44. The fourth-order valence-electron chi connectivity index (χ4n) is 1.90. The van der Waals surface area contributed by atoms with Crippen LogP contribution in [0, 0.1) is 0 Å². The highest BCUT2D eigenvalue weighted by Crippen LogP contribution is 2.21. The molecule has 0 bridgehead atoms. The molecule has 0 saturated carbocycles. The van der Waals surface area contributed by atoms with Crippen LogP contribution in [0.25, 0.3) is 0 Å². The fourth-order valence-corrected chi connectivity index (χ4v) is 1.90. The summed E-state index contributed by atoms with van der Waals surface area (Å²) in [6.07, 6.45) is -5.02. The highest BCUT2D eigenvalue weighted by Gasteiger charge is 2.29. The van der Waals surface area contributed by atoms with Crippen molar-refractivity contribution in [3.05, 3.63) is 17.5 Å². The van der Waals surface area contributed by atoms with Gasteiger partial charge in [0.2, 0.25) is 0 Å². The molecular formula is C10H12F3N3O2. The first-order valence-electron chi connectivity index (χ1n) is 5.44. The number of aromatic carboxylic acids is 1. The lowest BCUT2D eigenvalue weighted by molar-refractivity contribution is -0.138. The molecule has 1 aromatic rings. The third kappa shape index (κ3) is 3.00. The van der Waals surface area contributed by atoms with Gasteiger partial charge in [0.05, 0.1) is 18.7 Å². The molecular weight excluding hydrogens is 251 g/mol. The first kappa shape index (κ1) is 12.9. The van der Waals surface area contributed by atoms with Gasteiger partial charge in [0.15, 0.2) is 5.69 Å². The summed E-state index contributed by atoms with van der Waals surface area (Å²) >= 11 is 0. The number of carboxylic acids is 1. The van der Waals surface area contributed by atoms with E-state index in [0.717, 1.165) is 0 Å². The van der Waals surface area contributed by atoms with Gasteiger partial charge in [-0.1, -0.05) is 0 Å². The van der Waals surface area contributed by atoms with Crippen molar-refractivity contribution in [3.8, 4) is 0 Å². The lowest BCUT2D eigenvalue weighted by Gasteiger charge is -2.27. The van der Waals surface area contributed by atoms with E-state index < -0.39 is 18.6 Å². The van der Waals surface area contributed by atoms with Crippen molar-refractivity contribution in [1.29, 1.82) is 0 Å². The summed E-state index contributed by atoms with van der Waals surface area (Å²) in [5.74, 6) is -1.13. The lowest BCUT2D eigenvalue weighted by Crippen LogP contribution is -2.36. The molecule has 2 heterocycles. The van der Waals surface area contributed by atoms with Gasteiger partial charge in [0.1, 0.15) is 0 Å². The summed E-state index contributed by atoms with van der Waals surface area (Å²) in [6, 6.07) is 1.40. The number of aromatic nitrogens is 2. The second kappa shape index (κ2) is 4.60. The number of alkyl halides is 3. The molecule has 5 nitrogen and oxygen atoms in total. The van der Waals surface area contributed by atoms with Crippen LogP contribution in [0.1, 0.15) is 22.6 Å². The van der Waals surface area contributed by atoms with E-state index >= 15 is 0 Å². The van der Waals surface area contributed by atoms with Gasteiger partial charge in [-0.25, -0.2) is 4.79 Å². The van der Waals surface area contributed by atoms with Crippen LogP contribution in [-0.2, 0) is 13.1 Å². The molecule has 2 rings (SSSR count). The Kier molecular flexibility index (Phi) is 3.29. The fraction of sp³-hybridized carbons (Fsp3) is 0.600. The number of halogens is 3. The van der Waals surface area contributed by atoms with Crippen LogP contribution in [0.5, 0.6) is 0 Å². The Bertz CT molecular complexity index is 456. The minimum atomic E-state index is -4.16. The molecule has 0 spiro atoms. The Morgan fingerprint density at radius 2 is 2.17 bits per heavy atom. The molecule has 1 N–H and O–H groups in total. The highest BCUT2D eigenvalue weighted by molar-refractivity contribution is 5.85. The van der Waals surface area contributed by atoms with Crippen molar-refractivity contribution in [2.75, 3.05) is 13.1 Å². The number of carbonyl (C=O) groups is 1. The van der Waals surface area contributed by atoms with Gasteiger partial charge < -0.3 is 5.11 Å². The molecule has 0 unspecified atom stereocenters. The molecule has 1 aliphatic rings. The van der Waals surface area contributed by atoms with Crippen LogP contribution in [0.15, 0.2) is 6.07 Å². The third-order valence-corrected chi connectivity index (χ3v) is 2.81. The van der Waals surface area contributed by atoms with Gasteiger partial charge in [0.25, 0.3) is 0 Å². The van der Waals surface area contributed by atoms with E-state index in [1.807, 2.05) is 0 Å². The van der Waals surface area contributed by atoms with E-state index in [4.69, 9.17) is 5.11 Å². The smallest absolute Gasteiger partial charge is 0.390 e. The van der Waals surface area contributed by atoms with Gasteiger partial charge >= 0.3 is 12.1 Å². The Labute approximate surface area is 101 Å². The predicted molar refractivity (Wildman–Crippen MR) is 55.1 cm³/mol. The Morgan fingerprint density at radius 3 is 2.78 bits per heavy atom. The molecule has 0 aliphatic carbocycles. The van der Waals surface area contributed by atoms with Crippen molar-refractivity contribution in [2.24, 2.45) is 0 Å². The molecule has 0 amide bonds. The molecule has 0 saturated heterocycles. The largest absolute Gasteiger partial charge is 0.476 e. The molecule has 1 aromatic heterocycles. The van der Waals surface area contributed by atoms with Crippen LogP contribution in [-0.4, -0.2) is 45.0 Å². The molecule has 0 fully saturated rings. The number of hydrogen-bond acceptors (Lipinski definition) is 3. The summed E-state index contributed by atoms with van der Waals surface area (Å²) < 4.78 is 37.8. The SMILES string of the molecule is O=C(O)c1cc2n(n1)CCN(CCC(F)(F)F)C2. The summed E-state index contributed by atoms with van der Waals surface area (Å²) in [6.45, 7) is 1.09. The highest BCUT2D eigenvalue weighted by atomic mass is 19.4. The van der Waals surface area contributed by atoms with E-state index in [2.05, 4.69) is 5.10 Å². The minimum Gasteiger partial charge on any atom is -0.476 e. The average Bonchev–Trinajstić information content (AvgIpc) is 2.68. The molecule has 8 heteroatoms. The minimum absolute atomic E-state index is 0.0670. The molecule has 18 heavy (non-hydrogen) atoms. The Hall–Kier alpha value is -1.57. The second-order valence-electron chi connectivity index (χ2n) is 4.19. The summed E-state index contributed by atoms with van der Waals surface area (Å²) in [5.41, 5.74) is 0.573. The second-order valence-corrected chi connectivity index (χ2v) is 4.19. The monoisotopic (exact) mass is 263 g/mol. The zero-order valence-electron chi connectivity index (χ0n) is 9.44. The maximum Gasteiger partial charge on any atom is 0.390 e. The molecule has 0 aromatic carbocycles. The van der Waals surface area contributed by atoms with Crippen LogP contribution in [0.4, 0.5) is 13.2 Å². The van der Waals surface area contributed by atoms with Crippen LogP contribution in [0.2, 0.25) is 0 Å². The molecule has 100 valence electrons. The summed E-state index contributed by atoms with van der Waals surface area (Å²) in [5, 5.41) is 12.6. The molecule has 1 aliphatic heterocycles. The van der Waals surface area contributed by atoms with E-state index in [9.17, 15) is 18.0 Å². The van der Waals surface area contributed by atoms with Crippen molar-refractivity contribution in [2.45, 2.75) is 25.7 Å². The predicted octanol–water partition coefficient (Wildman–Crippen LogP) is 1.35. The number of carboxylic acid groups (broad SMARTS) is 1. The average molecular weight is 263 g/mol. The third-order valence-electron chi connectivity index (χ3n) is 2.81. The van der Waals surface area contributed by atoms with Crippen molar-refractivity contribution in [3.63, 3.8) is 0 Å². The number of fused-ring (bicyclic) bond motifs is 1. The van der Waals surface area contributed by atoms with Gasteiger partial charge in [-0.15, -0.1) is 0 Å². The standard InChI is InChI=1S/C10H12F3N3O2/c11-10(12,13)1-2-15-3-4-16-7(6-15)5-8(14-16)9(17)18/h5H,1-4,6H2,(H,17,18). The van der Waals surface area contributed by atoms with Gasteiger partial charge in [-0.3, -0.25) is 9.58 Å². The first-order chi connectivity index (χ1) is 8.35. The maximum absolute atomic E-state index is 12.1. The zero-order chi connectivity index (χ0) is 13.3. The summed E-state index contributed by atoms with van der Waals surface area (Å²) in [4.78, 5) is 12.4. The van der Waals surface area contributed by atoms with Crippen molar-refractivity contribution in [1.82, 2.24) is 14.7 Å². The van der Waals surface area contributed by atoms with Crippen LogP contribution >= 0.6 is 0 Å². The van der Waals surface area contributed by atoms with Crippen molar-refractivity contribution >= 4 is 5.97 Å². The van der Waals surface area contributed by atoms with E-state index in [1.54, 1.807) is 4.90 Å². The van der Waals surface area contributed by atoms with E-state index in [-0.39, 0.29) is 12.2 Å². The maximum atomic E-state index is 12.1. The van der Waals surface area contributed by atoms with Crippen LogP contribution in [0.3, 0.4) is 0 Å². The van der Waals surface area contributed by atoms with Crippen molar-refractivity contribution < 1.29 is 23.1 Å². The molecule has 0 atom stereocenters. The molecule has 0 radical (unpaired) electrons. The van der Waals surface area contributed by atoms with Gasteiger partial charge in [-0.05, 0) is 6.07 Å². The number of rotatable bonds is 3. The zero-order valence-corrected chi connectivity index (χ0v) is 9.44. The van der Waals surface area contributed by atoms with Crippen LogP contribution < -0.4 is 0 Å². The number of hydrogen-bond donors (Lipinski definition) is 1. The topological polar surface area (TPSA) is 58.4 Å². The summed E-state index contributed by atoms with van der Waals surface area (Å²) in [7, 11) is 0. The lowest BCUT2D eigenvalue weighted by atomic mass is 10.2. The van der Waals surface area contributed by atoms with E-state index in [1.165, 1.54) is 10.7 Å². The van der Waals surface area contributed by atoms with E-state index in [0.29, 0.717) is 25.3 Å². The van der Waals surface area contributed by atoms with Gasteiger partial charge in [0, 0.05) is 19.6 Å². The van der Waals surface area contributed by atoms with Gasteiger partial charge in [-0.2, -0.15) is 18.3 Å². The Morgan fingerprint density at radius 1 is 1.44 bits per heavy atom. The number of nitrogens with zero attached hydrogens (tertiary/aromatic N) is 3. The quantitative estimate of drug-likeness (QED) is 0.894. The Balaban J connectivity index is 1.99. The normalized spacial score (nSPS) is 16.6.